The average Bonchev–Trinajstić information content (AvgIpc) is 3.03. The summed E-state index contributed by atoms with van der Waals surface area (Å²) in [7, 11) is 1.25. The molecule has 0 aliphatic carbocycles. The molecule has 46 heavy (non-hydrogen) atoms. The molecule has 1 fully saturated rings. The van der Waals surface area contributed by atoms with Gasteiger partial charge in [-0.15, -0.1) is 0 Å². The van der Waals surface area contributed by atoms with Crippen molar-refractivity contribution in [2.75, 3.05) is 31.6 Å². The maximum absolute atomic E-state index is 15.1. The number of ether oxygens (including phenoxy) is 2. The van der Waals surface area contributed by atoms with Gasteiger partial charge >= 0.3 is 17.8 Å². The van der Waals surface area contributed by atoms with E-state index in [2.05, 4.69) is 4.98 Å². The number of carbonyl (C=O) groups is 2. The number of fused-ring (bicyclic) bond motifs is 1. The van der Waals surface area contributed by atoms with E-state index in [1.165, 1.54) is 22.6 Å². The number of rotatable bonds is 6. The number of hydrogen-bond donors (Lipinski definition) is 0. The Morgan fingerprint density at radius 1 is 1.02 bits per heavy atom. The lowest BCUT2D eigenvalue weighted by Crippen LogP contribution is -2.59. The number of amides is 1. The van der Waals surface area contributed by atoms with E-state index in [4.69, 9.17) is 26.1 Å². The third-order valence-electron chi connectivity index (χ3n) is 7.90. The number of esters is 1. The third kappa shape index (κ3) is 6.28. The van der Waals surface area contributed by atoms with Crippen LogP contribution in [-0.4, -0.2) is 69.9 Å². The molecule has 2 aromatic carbocycles. The summed E-state index contributed by atoms with van der Waals surface area (Å²) in [5.41, 5.74) is 1.61. The van der Waals surface area contributed by atoms with Gasteiger partial charge in [0.25, 0.3) is 0 Å². The van der Waals surface area contributed by atoms with Crippen LogP contribution in [0.4, 0.5) is 15.0 Å². The number of aromatic nitrogens is 3. The molecule has 0 radical (unpaired) electrons. The van der Waals surface area contributed by atoms with Gasteiger partial charge in [0.1, 0.15) is 23.3 Å². The first-order chi connectivity index (χ1) is 21.9. The number of nitrogens with zero attached hydrogens (tertiary/aromatic N) is 5. The summed E-state index contributed by atoms with van der Waals surface area (Å²) in [5, 5.41) is 0.504. The van der Waals surface area contributed by atoms with Gasteiger partial charge < -0.3 is 19.3 Å². The molecule has 0 bridgehead atoms. The van der Waals surface area contributed by atoms with Crippen molar-refractivity contribution in [3.05, 3.63) is 81.0 Å². The largest absolute Gasteiger partial charge is 0.467 e. The zero-order valence-corrected chi connectivity index (χ0v) is 27.5. The summed E-state index contributed by atoms with van der Waals surface area (Å²) in [6.07, 6.45) is 0.685. The Hall–Kier alpha value is -4.51. The fourth-order valence-electron chi connectivity index (χ4n) is 5.74. The number of para-hydroxylation sites is 1. The van der Waals surface area contributed by atoms with Gasteiger partial charge in [0.05, 0.1) is 35.4 Å². The van der Waals surface area contributed by atoms with Gasteiger partial charge in [0.15, 0.2) is 5.65 Å². The van der Waals surface area contributed by atoms with Crippen molar-refractivity contribution in [3.63, 3.8) is 0 Å². The van der Waals surface area contributed by atoms with E-state index in [9.17, 15) is 14.4 Å². The molecule has 1 aliphatic heterocycles. The summed E-state index contributed by atoms with van der Waals surface area (Å²) >= 11 is 6.80. The van der Waals surface area contributed by atoms with Crippen molar-refractivity contribution in [3.8, 4) is 16.9 Å². The van der Waals surface area contributed by atoms with E-state index >= 15 is 4.39 Å². The van der Waals surface area contributed by atoms with E-state index in [1.807, 2.05) is 32.0 Å². The van der Waals surface area contributed by atoms with E-state index in [0.29, 0.717) is 23.9 Å². The zero-order valence-electron chi connectivity index (χ0n) is 26.8. The highest BCUT2D eigenvalue weighted by Crippen LogP contribution is 2.36. The number of piperazine rings is 1. The van der Waals surface area contributed by atoms with E-state index in [0.717, 1.165) is 11.1 Å². The Labute approximate surface area is 271 Å². The number of halogens is 2. The summed E-state index contributed by atoms with van der Waals surface area (Å²) in [4.78, 5) is 52.8. The van der Waals surface area contributed by atoms with Gasteiger partial charge in [0.2, 0.25) is 0 Å². The molecule has 1 unspecified atom stereocenters. The third-order valence-corrected chi connectivity index (χ3v) is 8.18. The number of anilines is 1. The highest BCUT2D eigenvalue weighted by atomic mass is 35.5. The van der Waals surface area contributed by atoms with Crippen LogP contribution in [0.1, 0.15) is 45.7 Å². The molecular formula is C34H37ClFN5O5. The summed E-state index contributed by atoms with van der Waals surface area (Å²) in [6, 6.07) is 12.5. The average molecular weight is 650 g/mol. The molecule has 1 amide bonds. The van der Waals surface area contributed by atoms with Gasteiger partial charge in [-0.3, -0.25) is 0 Å². The molecule has 1 atom stereocenters. The maximum Gasteiger partial charge on any atom is 0.410 e. The predicted molar refractivity (Wildman–Crippen MR) is 175 cm³/mol. The van der Waals surface area contributed by atoms with Crippen LogP contribution in [0.3, 0.4) is 0 Å². The molecule has 0 spiro atoms. The summed E-state index contributed by atoms with van der Waals surface area (Å²) in [6.45, 7) is 9.51. The van der Waals surface area contributed by atoms with Gasteiger partial charge in [-0.25, -0.2) is 28.3 Å². The Morgan fingerprint density at radius 3 is 2.30 bits per heavy atom. The molecular weight excluding hydrogens is 613 g/mol. The Kier molecular flexibility index (Phi) is 9.34. The molecule has 4 aromatic rings. The van der Waals surface area contributed by atoms with Crippen LogP contribution in [0, 0.1) is 5.82 Å². The highest BCUT2D eigenvalue weighted by molar-refractivity contribution is 6.33. The number of hydrogen-bond acceptors (Lipinski definition) is 8. The molecule has 5 rings (SSSR count). The SMILES string of the molecule is CCc1cccc(CC)c1-n1c(=O)nc(N2CCN(C(=O)OC(C)(C)C)CC2C(=O)OC)c2cc(Cl)c(-c3ccccc3F)nc21. The van der Waals surface area contributed by atoms with Crippen LogP contribution in [0.2, 0.25) is 5.02 Å². The summed E-state index contributed by atoms with van der Waals surface area (Å²) < 4.78 is 27.2. The second-order valence-electron chi connectivity index (χ2n) is 12.0. The Balaban J connectivity index is 1.77. The predicted octanol–water partition coefficient (Wildman–Crippen LogP) is 5.96. The maximum atomic E-state index is 15.1. The first-order valence-corrected chi connectivity index (χ1v) is 15.6. The first-order valence-electron chi connectivity index (χ1n) is 15.2. The van der Waals surface area contributed by atoms with E-state index in [1.54, 1.807) is 49.9 Å². The van der Waals surface area contributed by atoms with Crippen LogP contribution < -0.4 is 10.6 Å². The fourth-order valence-corrected chi connectivity index (χ4v) is 5.99. The smallest absolute Gasteiger partial charge is 0.410 e. The standard InChI is InChI=1S/C34H37ClFN5O5/c1-7-20-12-11-13-21(8-2)28(20)41-30-23(18-24(35)27(37-30)22-14-9-10-15-25(22)36)29(38-32(41)43)40-17-16-39(19-26(40)31(42)45-6)33(44)46-34(3,4)5/h9-15,18,26H,7-8,16-17,19H2,1-6H3. The van der Waals surface area contributed by atoms with Crippen molar-refractivity contribution in [2.45, 2.75) is 59.1 Å². The Bertz CT molecular complexity index is 1850. The lowest BCUT2D eigenvalue weighted by Gasteiger charge is -2.41. The van der Waals surface area contributed by atoms with E-state index in [-0.39, 0.29) is 47.4 Å². The zero-order chi connectivity index (χ0) is 33.3. The normalized spacial score (nSPS) is 15.3. The topological polar surface area (TPSA) is 107 Å². The monoisotopic (exact) mass is 649 g/mol. The molecule has 1 saturated heterocycles. The van der Waals surface area contributed by atoms with Crippen LogP contribution >= 0.6 is 11.6 Å². The fraction of sp³-hybridized carbons (Fsp3) is 0.382. The van der Waals surface area contributed by atoms with Gasteiger partial charge in [0, 0.05) is 18.7 Å². The second kappa shape index (κ2) is 13.1. The second-order valence-corrected chi connectivity index (χ2v) is 12.4. The van der Waals surface area contributed by atoms with Crippen molar-refractivity contribution < 1.29 is 23.5 Å². The minimum atomic E-state index is -1.02. The number of methoxy groups -OCH3 is 1. The molecule has 2 aromatic heterocycles. The molecule has 0 saturated carbocycles. The van der Waals surface area contributed by atoms with Crippen LogP contribution in [0.5, 0.6) is 0 Å². The molecule has 242 valence electrons. The molecule has 10 nitrogen and oxygen atoms in total. The van der Waals surface area contributed by atoms with Gasteiger partial charge in [-0.05, 0) is 62.9 Å². The van der Waals surface area contributed by atoms with Gasteiger partial charge in [-0.1, -0.05) is 55.8 Å². The molecule has 3 heterocycles. The van der Waals surface area contributed by atoms with E-state index < -0.39 is 35.2 Å². The lowest BCUT2D eigenvalue weighted by molar-refractivity contribution is -0.143. The molecule has 12 heteroatoms. The van der Waals surface area contributed by atoms with Crippen LogP contribution in [0.15, 0.2) is 53.3 Å². The Morgan fingerprint density at radius 2 is 1.70 bits per heavy atom. The summed E-state index contributed by atoms with van der Waals surface area (Å²) in [5.74, 6) is -0.998. The molecule has 1 aliphatic rings. The number of pyridine rings is 1. The minimum Gasteiger partial charge on any atom is -0.467 e. The van der Waals surface area contributed by atoms with Crippen molar-refractivity contribution in [1.82, 2.24) is 19.4 Å². The first kappa shape index (κ1) is 32.9. The number of benzene rings is 2. The van der Waals surface area contributed by atoms with Gasteiger partial charge in [-0.2, -0.15) is 4.98 Å². The highest BCUT2D eigenvalue weighted by Gasteiger charge is 2.39. The van der Waals surface area contributed by atoms with Crippen molar-refractivity contribution in [1.29, 1.82) is 0 Å². The molecule has 0 N–H and O–H groups in total. The van der Waals surface area contributed by atoms with Crippen molar-refractivity contribution >= 4 is 40.5 Å². The quantitative estimate of drug-likeness (QED) is 0.236. The van der Waals surface area contributed by atoms with Crippen LogP contribution in [0.25, 0.3) is 28.0 Å². The number of carbonyl (C=O) groups excluding carboxylic acids is 2. The minimum absolute atomic E-state index is 0.0685. The van der Waals surface area contributed by atoms with Crippen LogP contribution in [-0.2, 0) is 27.1 Å². The number of aryl methyl sites for hydroxylation is 2. The lowest BCUT2D eigenvalue weighted by atomic mass is 10.0. The van der Waals surface area contributed by atoms with Crippen molar-refractivity contribution in [2.24, 2.45) is 0 Å².